The van der Waals surface area contributed by atoms with Gasteiger partial charge < -0.3 is 4.74 Å². The fraction of sp³-hybridized carbons (Fsp3) is 0.571. The standard InChI is InChI=1S/C7H8F2O2/c1-4-3-5(7(2,8)9)11-6(4)10/h5H,1,3H2,2H3. The Morgan fingerprint density at radius 1 is 1.73 bits per heavy atom. The van der Waals surface area contributed by atoms with E-state index in [9.17, 15) is 13.6 Å². The molecule has 1 fully saturated rings. The summed E-state index contributed by atoms with van der Waals surface area (Å²) in [5, 5.41) is 0. The third kappa shape index (κ3) is 1.56. The van der Waals surface area contributed by atoms with Gasteiger partial charge in [-0.15, -0.1) is 0 Å². The molecule has 0 aromatic rings. The molecule has 1 unspecified atom stereocenters. The Labute approximate surface area is 62.8 Å². The summed E-state index contributed by atoms with van der Waals surface area (Å²) in [6, 6.07) is 0. The van der Waals surface area contributed by atoms with Crippen LogP contribution in [0.4, 0.5) is 8.78 Å². The molecule has 62 valence electrons. The van der Waals surface area contributed by atoms with E-state index in [1.807, 2.05) is 0 Å². The van der Waals surface area contributed by atoms with E-state index < -0.39 is 18.0 Å². The van der Waals surface area contributed by atoms with Crippen LogP contribution in [0.3, 0.4) is 0 Å². The van der Waals surface area contributed by atoms with Crippen LogP contribution in [-0.2, 0) is 9.53 Å². The smallest absolute Gasteiger partial charge is 0.334 e. The van der Waals surface area contributed by atoms with Gasteiger partial charge in [-0.05, 0) is 0 Å². The fourth-order valence-electron chi connectivity index (χ4n) is 0.844. The Hall–Kier alpha value is -0.930. The summed E-state index contributed by atoms with van der Waals surface area (Å²) in [6.45, 7) is 4.02. The number of ether oxygens (including phenoxy) is 1. The molecular weight excluding hydrogens is 154 g/mol. The van der Waals surface area contributed by atoms with Crippen molar-refractivity contribution in [2.75, 3.05) is 0 Å². The molecule has 1 heterocycles. The summed E-state index contributed by atoms with van der Waals surface area (Å²) in [5.74, 6) is -3.67. The third-order valence-electron chi connectivity index (χ3n) is 1.54. The van der Waals surface area contributed by atoms with Gasteiger partial charge in [-0.3, -0.25) is 0 Å². The van der Waals surface area contributed by atoms with Crippen LogP contribution in [0.5, 0.6) is 0 Å². The van der Waals surface area contributed by atoms with Crippen molar-refractivity contribution in [1.82, 2.24) is 0 Å². The van der Waals surface area contributed by atoms with E-state index in [2.05, 4.69) is 11.3 Å². The number of rotatable bonds is 1. The minimum absolute atomic E-state index is 0.0671. The summed E-state index contributed by atoms with van der Waals surface area (Å²) in [7, 11) is 0. The van der Waals surface area contributed by atoms with Gasteiger partial charge in [0.25, 0.3) is 5.92 Å². The van der Waals surface area contributed by atoms with Crippen molar-refractivity contribution < 1.29 is 18.3 Å². The highest BCUT2D eigenvalue weighted by atomic mass is 19.3. The average molecular weight is 162 g/mol. The molecule has 0 saturated carbocycles. The van der Waals surface area contributed by atoms with Crippen LogP contribution in [0.15, 0.2) is 12.2 Å². The minimum atomic E-state index is -2.96. The van der Waals surface area contributed by atoms with Gasteiger partial charge in [0.05, 0.1) is 0 Å². The molecule has 1 saturated heterocycles. The van der Waals surface area contributed by atoms with Gasteiger partial charge in [0, 0.05) is 18.9 Å². The van der Waals surface area contributed by atoms with Gasteiger partial charge in [-0.2, -0.15) is 0 Å². The highest BCUT2D eigenvalue weighted by Gasteiger charge is 2.42. The van der Waals surface area contributed by atoms with Crippen LogP contribution >= 0.6 is 0 Å². The molecule has 0 aromatic carbocycles. The molecule has 1 atom stereocenters. The first-order chi connectivity index (χ1) is 4.91. The van der Waals surface area contributed by atoms with Crippen LogP contribution in [-0.4, -0.2) is 18.0 Å². The predicted octanol–water partition coefficient (Wildman–Crippen LogP) is 1.51. The van der Waals surface area contributed by atoms with Crippen molar-refractivity contribution in [3.05, 3.63) is 12.2 Å². The van der Waals surface area contributed by atoms with Gasteiger partial charge in [0.1, 0.15) is 0 Å². The first-order valence-corrected chi connectivity index (χ1v) is 3.18. The number of hydrogen-bond acceptors (Lipinski definition) is 2. The van der Waals surface area contributed by atoms with Gasteiger partial charge in [0.2, 0.25) is 0 Å². The van der Waals surface area contributed by atoms with E-state index in [-0.39, 0.29) is 12.0 Å². The molecule has 0 spiro atoms. The molecule has 11 heavy (non-hydrogen) atoms. The molecule has 0 amide bonds. The molecule has 4 heteroatoms. The zero-order valence-electron chi connectivity index (χ0n) is 6.06. The second-order valence-corrected chi connectivity index (χ2v) is 2.66. The summed E-state index contributed by atoms with van der Waals surface area (Å²) in [5.41, 5.74) is 0.122. The molecule has 1 aliphatic heterocycles. The van der Waals surface area contributed by atoms with Crippen LogP contribution < -0.4 is 0 Å². The lowest BCUT2D eigenvalue weighted by Crippen LogP contribution is -2.29. The minimum Gasteiger partial charge on any atom is -0.452 e. The Kier molecular flexibility index (Phi) is 1.70. The summed E-state index contributed by atoms with van der Waals surface area (Å²) in [4.78, 5) is 10.6. The average Bonchev–Trinajstić information content (AvgIpc) is 2.11. The van der Waals surface area contributed by atoms with E-state index in [0.717, 1.165) is 6.92 Å². The van der Waals surface area contributed by atoms with E-state index in [1.165, 1.54) is 0 Å². The Bertz CT molecular complexity index is 189. The summed E-state index contributed by atoms with van der Waals surface area (Å²) < 4.78 is 29.3. The first-order valence-electron chi connectivity index (χ1n) is 3.18. The Balaban J connectivity index is 2.68. The van der Waals surface area contributed by atoms with Gasteiger partial charge >= 0.3 is 5.97 Å². The van der Waals surface area contributed by atoms with Crippen molar-refractivity contribution in [3.63, 3.8) is 0 Å². The Morgan fingerprint density at radius 3 is 2.45 bits per heavy atom. The lowest BCUT2D eigenvalue weighted by molar-refractivity contribution is -0.155. The summed E-state index contributed by atoms with van der Waals surface area (Å²) >= 11 is 0. The van der Waals surface area contributed by atoms with Gasteiger partial charge in [0.15, 0.2) is 6.10 Å². The van der Waals surface area contributed by atoms with Crippen LogP contribution in [0.25, 0.3) is 0 Å². The molecular formula is C7H8F2O2. The predicted molar refractivity (Wildman–Crippen MR) is 34.3 cm³/mol. The second-order valence-electron chi connectivity index (χ2n) is 2.66. The van der Waals surface area contributed by atoms with Gasteiger partial charge in [-0.1, -0.05) is 6.58 Å². The van der Waals surface area contributed by atoms with Gasteiger partial charge in [-0.25, -0.2) is 13.6 Å². The highest BCUT2D eigenvalue weighted by Crippen LogP contribution is 2.30. The molecule has 0 aliphatic carbocycles. The maximum Gasteiger partial charge on any atom is 0.334 e. The maximum absolute atomic E-state index is 12.5. The van der Waals surface area contributed by atoms with Crippen molar-refractivity contribution >= 4 is 5.97 Å². The number of cyclic esters (lactones) is 1. The molecule has 0 N–H and O–H groups in total. The highest BCUT2D eigenvalue weighted by molar-refractivity contribution is 5.90. The number of alkyl halides is 2. The topological polar surface area (TPSA) is 26.3 Å². The Morgan fingerprint density at radius 2 is 2.27 bits per heavy atom. The SMILES string of the molecule is C=C1CC(C(C)(F)F)OC1=O. The first kappa shape index (κ1) is 8.17. The zero-order chi connectivity index (χ0) is 8.65. The normalized spacial score (nSPS) is 25.5. The zero-order valence-corrected chi connectivity index (χ0v) is 6.06. The van der Waals surface area contributed by atoms with Crippen molar-refractivity contribution in [3.8, 4) is 0 Å². The van der Waals surface area contributed by atoms with Crippen molar-refractivity contribution in [2.24, 2.45) is 0 Å². The molecule has 1 aliphatic rings. The van der Waals surface area contributed by atoms with E-state index in [1.54, 1.807) is 0 Å². The molecule has 0 bridgehead atoms. The summed E-state index contributed by atoms with van der Waals surface area (Å²) in [6.07, 6.45) is -1.38. The fourth-order valence-corrected chi connectivity index (χ4v) is 0.844. The van der Waals surface area contributed by atoms with Crippen molar-refractivity contribution in [2.45, 2.75) is 25.4 Å². The lowest BCUT2D eigenvalue weighted by Gasteiger charge is -2.15. The van der Waals surface area contributed by atoms with E-state index >= 15 is 0 Å². The van der Waals surface area contributed by atoms with Crippen LogP contribution in [0.1, 0.15) is 13.3 Å². The largest absolute Gasteiger partial charge is 0.452 e. The van der Waals surface area contributed by atoms with E-state index in [0.29, 0.717) is 0 Å². The van der Waals surface area contributed by atoms with Crippen LogP contribution in [0.2, 0.25) is 0 Å². The monoisotopic (exact) mass is 162 g/mol. The van der Waals surface area contributed by atoms with E-state index in [4.69, 9.17) is 0 Å². The number of esters is 1. The number of carbonyl (C=O) groups excluding carboxylic acids is 1. The third-order valence-corrected chi connectivity index (χ3v) is 1.54. The second kappa shape index (κ2) is 2.29. The quantitative estimate of drug-likeness (QED) is 0.431. The number of halogens is 2. The molecule has 0 aromatic heterocycles. The number of hydrogen-bond donors (Lipinski definition) is 0. The maximum atomic E-state index is 12.5. The molecule has 0 radical (unpaired) electrons. The van der Waals surface area contributed by atoms with Crippen LogP contribution in [0, 0.1) is 0 Å². The lowest BCUT2D eigenvalue weighted by atomic mass is 10.1. The van der Waals surface area contributed by atoms with Crippen molar-refractivity contribution in [1.29, 1.82) is 0 Å². The molecule has 2 nitrogen and oxygen atoms in total. The molecule has 1 rings (SSSR count). The number of carbonyl (C=O) groups is 1.